The summed E-state index contributed by atoms with van der Waals surface area (Å²) in [4.78, 5) is 27.3. The Morgan fingerprint density at radius 2 is 1.39 bits per heavy atom. The molecule has 1 unspecified atom stereocenters. The molecular formula is C18H18N2O3. The summed E-state index contributed by atoms with van der Waals surface area (Å²) in [6.45, 7) is 0.496. The van der Waals surface area contributed by atoms with E-state index in [9.17, 15) is 14.7 Å². The van der Waals surface area contributed by atoms with Crippen LogP contribution >= 0.6 is 0 Å². The largest absolute Gasteiger partial charge is 0.373 e. The van der Waals surface area contributed by atoms with Crippen LogP contribution in [0.3, 0.4) is 0 Å². The number of imide groups is 1. The van der Waals surface area contributed by atoms with E-state index in [0.717, 1.165) is 11.1 Å². The van der Waals surface area contributed by atoms with Gasteiger partial charge in [-0.2, -0.15) is 0 Å². The van der Waals surface area contributed by atoms with Gasteiger partial charge in [-0.1, -0.05) is 60.7 Å². The van der Waals surface area contributed by atoms with Crippen LogP contribution in [-0.4, -0.2) is 33.1 Å². The fraction of sp³-hybridized carbons (Fsp3) is 0.222. The number of carbonyl (C=O) groups excluding carboxylic acids is 2. The fourth-order valence-electron chi connectivity index (χ4n) is 2.64. The van der Waals surface area contributed by atoms with Crippen molar-refractivity contribution >= 4 is 11.9 Å². The highest BCUT2D eigenvalue weighted by molar-refractivity contribution is 5.97. The number of carbonyl (C=O) groups is 2. The SMILES string of the molecule is O=C1CC(O)N(Cc2ccccc2)C(=O)N1Cc1ccccc1. The van der Waals surface area contributed by atoms with Crippen molar-refractivity contribution in [2.24, 2.45) is 0 Å². The Hall–Kier alpha value is -2.66. The third-order valence-corrected chi connectivity index (χ3v) is 3.87. The maximum Gasteiger partial charge on any atom is 0.329 e. The van der Waals surface area contributed by atoms with Crippen LogP contribution in [-0.2, 0) is 17.9 Å². The summed E-state index contributed by atoms with van der Waals surface area (Å²) in [6.07, 6.45) is -1.16. The lowest BCUT2D eigenvalue weighted by Gasteiger charge is -2.37. The first kappa shape index (κ1) is 15.2. The molecular weight excluding hydrogens is 292 g/mol. The van der Waals surface area contributed by atoms with Gasteiger partial charge >= 0.3 is 6.03 Å². The van der Waals surface area contributed by atoms with Gasteiger partial charge < -0.3 is 5.11 Å². The number of hydrogen-bond donors (Lipinski definition) is 1. The van der Waals surface area contributed by atoms with Crippen molar-refractivity contribution in [3.8, 4) is 0 Å². The van der Waals surface area contributed by atoms with E-state index in [1.54, 1.807) is 0 Å². The normalized spacial score (nSPS) is 18.4. The molecule has 3 rings (SSSR count). The number of amides is 3. The van der Waals surface area contributed by atoms with Gasteiger partial charge in [-0.3, -0.25) is 14.6 Å². The lowest BCUT2D eigenvalue weighted by Crippen LogP contribution is -2.56. The number of nitrogens with zero attached hydrogens (tertiary/aromatic N) is 2. The van der Waals surface area contributed by atoms with Gasteiger partial charge in [-0.05, 0) is 11.1 Å². The zero-order chi connectivity index (χ0) is 16.2. The molecule has 5 nitrogen and oxygen atoms in total. The Bertz CT molecular complexity index is 688. The van der Waals surface area contributed by atoms with Gasteiger partial charge in [0.15, 0.2) is 0 Å². The molecule has 1 N–H and O–H groups in total. The minimum absolute atomic E-state index is 0.0780. The summed E-state index contributed by atoms with van der Waals surface area (Å²) >= 11 is 0. The van der Waals surface area contributed by atoms with Crippen LogP contribution in [0.25, 0.3) is 0 Å². The molecule has 1 atom stereocenters. The first-order chi connectivity index (χ1) is 11.1. The summed E-state index contributed by atoms with van der Waals surface area (Å²) in [5.74, 6) is -0.351. The van der Waals surface area contributed by atoms with Gasteiger partial charge in [-0.25, -0.2) is 4.79 Å². The van der Waals surface area contributed by atoms with E-state index in [-0.39, 0.29) is 25.4 Å². The molecule has 1 aliphatic rings. The molecule has 0 spiro atoms. The third-order valence-electron chi connectivity index (χ3n) is 3.87. The van der Waals surface area contributed by atoms with Gasteiger partial charge in [0.05, 0.1) is 13.0 Å². The highest BCUT2D eigenvalue weighted by atomic mass is 16.3. The van der Waals surface area contributed by atoms with E-state index < -0.39 is 12.3 Å². The number of hydrogen-bond acceptors (Lipinski definition) is 3. The Labute approximate surface area is 134 Å². The van der Waals surface area contributed by atoms with E-state index in [1.807, 2.05) is 60.7 Å². The molecule has 2 aromatic rings. The molecule has 1 fully saturated rings. The number of rotatable bonds is 4. The predicted molar refractivity (Wildman–Crippen MR) is 85.0 cm³/mol. The van der Waals surface area contributed by atoms with Gasteiger partial charge in [0.2, 0.25) is 5.91 Å². The second kappa shape index (κ2) is 6.62. The smallest absolute Gasteiger partial charge is 0.329 e. The van der Waals surface area contributed by atoms with Crippen molar-refractivity contribution in [3.63, 3.8) is 0 Å². The minimum atomic E-state index is -1.08. The van der Waals surface area contributed by atoms with E-state index in [4.69, 9.17) is 0 Å². The molecule has 1 aliphatic heterocycles. The Morgan fingerprint density at radius 1 is 0.870 bits per heavy atom. The van der Waals surface area contributed by atoms with Crippen LogP contribution in [0.5, 0.6) is 0 Å². The summed E-state index contributed by atoms with van der Waals surface area (Å²) in [5.41, 5.74) is 1.79. The highest BCUT2D eigenvalue weighted by Crippen LogP contribution is 2.20. The van der Waals surface area contributed by atoms with Crippen LogP contribution in [0.2, 0.25) is 0 Å². The summed E-state index contributed by atoms with van der Waals surface area (Å²) in [6, 6.07) is 18.3. The Balaban J connectivity index is 1.78. The lowest BCUT2D eigenvalue weighted by atomic mass is 10.1. The van der Waals surface area contributed by atoms with Crippen LogP contribution < -0.4 is 0 Å². The topological polar surface area (TPSA) is 60.9 Å². The molecule has 2 aromatic carbocycles. The van der Waals surface area contributed by atoms with Gasteiger partial charge in [-0.15, -0.1) is 0 Å². The monoisotopic (exact) mass is 310 g/mol. The number of aliphatic hydroxyl groups excluding tert-OH is 1. The minimum Gasteiger partial charge on any atom is -0.373 e. The van der Waals surface area contributed by atoms with Crippen LogP contribution in [0.15, 0.2) is 60.7 Å². The summed E-state index contributed by atoms with van der Waals surface area (Å²) < 4.78 is 0. The van der Waals surface area contributed by atoms with Crippen molar-refractivity contribution in [1.82, 2.24) is 9.80 Å². The molecule has 0 radical (unpaired) electrons. The van der Waals surface area contributed by atoms with E-state index in [0.29, 0.717) is 0 Å². The lowest BCUT2D eigenvalue weighted by molar-refractivity contribution is -0.139. The molecule has 3 amide bonds. The first-order valence-electron chi connectivity index (χ1n) is 7.52. The molecule has 118 valence electrons. The van der Waals surface area contributed by atoms with Crippen molar-refractivity contribution in [3.05, 3.63) is 71.8 Å². The molecule has 0 aliphatic carbocycles. The van der Waals surface area contributed by atoms with E-state index in [2.05, 4.69) is 0 Å². The number of aliphatic hydroxyl groups is 1. The molecule has 0 saturated carbocycles. The van der Waals surface area contributed by atoms with E-state index in [1.165, 1.54) is 9.80 Å². The summed E-state index contributed by atoms with van der Waals surface area (Å²) in [7, 11) is 0. The average Bonchev–Trinajstić information content (AvgIpc) is 2.57. The van der Waals surface area contributed by atoms with Crippen molar-refractivity contribution in [2.45, 2.75) is 25.7 Å². The standard InChI is InChI=1S/C18H18N2O3/c21-16-11-17(22)20(13-15-9-5-2-6-10-15)18(23)19(16)12-14-7-3-1-4-8-14/h1-10,16,21H,11-13H2. The molecule has 5 heteroatoms. The summed E-state index contributed by atoms with van der Waals surface area (Å²) in [5, 5.41) is 10.1. The second-order valence-corrected chi connectivity index (χ2v) is 5.55. The number of benzene rings is 2. The van der Waals surface area contributed by atoms with E-state index >= 15 is 0 Å². The maximum absolute atomic E-state index is 12.6. The third kappa shape index (κ3) is 3.40. The Morgan fingerprint density at radius 3 is 1.96 bits per heavy atom. The molecule has 0 bridgehead atoms. The van der Waals surface area contributed by atoms with Gasteiger partial charge in [0.25, 0.3) is 0 Å². The molecule has 0 aromatic heterocycles. The number of urea groups is 1. The van der Waals surface area contributed by atoms with Crippen molar-refractivity contribution in [1.29, 1.82) is 0 Å². The average molecular weight is 310 g/mol. The zero-order valence-electron chi connectivity index (χ0n) is 12.6. The Kier molecular flexibility index (Phi) is 4.39. The van der Waals surface area contributed by atoms with Crippen LogP contribution in [0, 0.1) is 0 Å². The quantitative estimate of drug-likeness (QED) is 0.943. The fourth-order valence-corrected chi connectivity index (χ4v) is 2.64. The first-order valence-corrected chi connectivity index (χ1v) is 7.52. The zero-order valence-corrected chi connectivity index (χ0v) is 12.6. The second-order valence-electron chi connectivity index (χ2n) is 5.55. The van der Waals surface area contributed by atoms with Gasteiger partial charge in [0, 0.05) is 6.54 Å². The van der Waals surface area contributed by atoms with Crippen LogP contribution in [0.4, 0.5) is 4.79 Å². The molecule has 1 saturated heterocycles. The van der Waals surface area contributed by atoms with Crippen molar-refractivity contribution in [2.75, 3.05) is 0 Å². The predicted octanol–water partition coefficient (Wildman–Crippen LogP) is 2.36. The van der Waals surface area contributed by atoms with Crippen molar-refractivity contribution < 1.29 is 14.7 Å². The van der Waals surface area contributed by atoms with Crippen LogP contribution in [0.1, 0.15) is 17.5 Å². The molecule has 23 heavy (non-hydrogen) atoms. The molecule has 1 heterocycles. The maximum atomic E-state index is 12.6. The van der Waals surface area contributed by atoms with Gasteiger partial charge in [0.1, 0.15) is 6.23 Å². The highest BCUT2D eigenvalue weighted by Gasteiger charge is 2.37.